The van der Waals surface area contributed by atoms with E-state index in [1.807, 2.05) is 19.1 Å². The minimum atomic E-state index is -0.712. The number of nitrogens with zero attached hydrogens (tertiary/aromatic N) is 2. The monoisotopic (exact) mass is 234 g/mol. The Bertz CT molecular complexity index is 394. The van der Waals surface area contributed by atoms with Crippen LogP contribution in [0.5, 0.6) is 0 Å². The molecule has 0 saturated carbocycles. The first-order chi connectivity index (χ1) is 8.11. The second-order valence-corrected chi connectivity index (χ2v) is 4.74. The summed E-state index contributed by atoms with van der Waals surface area (Å²) in [5.41, 5.74) is 1.13. The van der Waals surface area contributed by atoms with Crippen molar-refractivity contribution in [3.8, 4) is 0 Å². The molecular weight excluding hydrogens is 216 g/mol. The quantitative estimate of drug-likeness (QED) is 0.868. The number of aliphatic carboxylic acids is 1. The van der Waals surface area contributed by atoms with E-state index in [4.69, 9.17) is 0 Å². The fourth-order valence-corrected chi connectivity index (χ4v) is 2.63. The normalized spacial score (nSPS) is 26.9. The number of pyridine rings is 1. The maximum Gasteiger partial charge on any atom is 0.321 e. The minimum Gasteiger partial charge on any atom is -0.480 e. The Morgan fingerprint density at radius 1 is 1.53 bits per heavy atom. The zero-order valence-corrected chi connectivity index (χ0v) is 10.2. The number of hydrogen-bond donors (Lipinski definition) is 1. The van der Waals surface area contributed by atoms with Gasteiger partial charge in [0.1, 0.15) is 6.04 Å². The van der Waals surface area contributed by atoms with Gasteiger partial charge in [-0.3, -0.25) is 14.7 Å². The van der Waals surface area contributed by atoms with Crippen molar-refractivity contribution in [1.82, 2.24) is 9.88 Å². The molecule has 1 aromatic rings. The van der Waals surface area contributed by atoms with Gasteiger partial charge in [-0.15, -0.1) is 0 Å². The molecule has 0 amide bonds. The van der Waals surface area contributed by atoms with E-state index in [0.29, 0.717) is 0 Å². The third-order valence-corrected chi connectivity index (χ3v) is 3.68. The van der Waals surface area contributed by atoms with Crippen LogP contribution in [-0.2, 0) is 4.79 Å². The number of likely N-dealkylation sites (tertiary alicyclic amines) is 1. The molecule has 17 heavy (non-hydrogen) atoms. The van der Waals surface area contributed by atoms with Crippen molar-refractivity contribution in [1.29, 1.82) is 0 Å². The fraction of sp³-hybridized carbons (Fsp3) is 0.538. The molecule has 4 heteroatoms. The van der Waals surface area contributed by atoms with Crippen LogP contribution in [0.4, 0.5) is 0 Å². The molecule has 1 aromatic heterocycles. The first-order valence-electron chi connectivity index (χ1n) is 5.99. The summed E-state index contributed by atoms with van der Waals surface area (Å²) in [5, 5.41) is 9.30. The van der Waals surface area contributed by atoms with Gasteiger partial charge < -0.3 is 5.11 Å². The van der Waals surface area contributed by atoms with Crippen LogP contribution in [0.2, 0.25) is 0 Å². The lowest BCUT2D eigenvalue weighted by Gasteiger charge is -2.29. The zero-order valence-electron chi connectivity index (χ0n) is 10.2. The number of hydrogen-bond acceptors (Lipinski definition) is 3. The van der Waals surface area contributed by atoms with Crippen LogP contribution < -0.4 is 0 Å². The molecule has 0 radical (unpaired) electrons. The Labute approximate surface area is 101 Å². The second kappa shape index (κ2) is 4.84. The zero-order chi connectivity index (χ0) is 12.4. The molecule has 0 bridgehead atoms. The third-order valence-electron chi connectivity index (χ3n) is 3.68. The van der Waals surface area contributed by atoms with Gasteiger partial charge in [0.25, 0.3) is 0 Å². The average Bonchev–Trinajstić information content (AvgIpc) is 2.71. The maximum absolute atomic E-state index is 11.3. The van der Waals surface area contributed by atoms with E-state index >= 15 is 0 Å². The van der Waals surface area contributed by atoms with Crippen molar-refractivity contribution >= 4 is 5.97 Å². The number of carboxylic acids is 1. The molecule has 3 unspecified atom stereocenters. The molecule has 0 spiro atoms. The average molecular weight is 234 g/mol. The van der Waals surface area contributed by atoms with E-state index in [1.165, 1.54) is 0 Å². The van der Waals surface area contributed by atoms with Crippen LogP contribution in [0.3, 0.4) is 0 Å². The second-order valence-electron chi connectivity index (χ2n) is 4.74. The first-order valence-corrected chi connectivity index (χ1v) is 5.99. The fourth-order valence-electron chi connectivity index (χ4n) is 2.63. The smallest absolute Gasteiger partial charge is 0.321 e. The third kappa shape index (κ3) is 2.31. The number of rotatable bonds is 3. The molecule has 0 aliphatic carbocycles. The molecule has 2 rings (SSSR count). The molecule has 1 aliphatic rings. The van der Waals surface area contributed by atoms with Gasteiger partial charge in [0, 0.05) is 18.4 Å². The summed E-state index contributed by atoms with van der Waals surface area (Å²) < 4.78 is 0. The van der Waals surface area contributed by atoms with Crippen LogP contribution in [0, 0.1) is 5.92 Å². The van der Waals surface area contributed by atoms with Gasteiger partial charge in [-0.1, -0.05) is 6.92 Å². The van der Waals surface area contributed by atoms with E-state index in [9.17, 15) is 9.90 Å². The Kier molecular flexibility index (Phi) is 3.43. The van der Waals surface area contributed by atoms with Gasteiger partial charge in [0.05, 0.1) is 0 Å². The molecule has 3 atom stereocenters. The topological polar surface area (TPSA) is 53.4 Å². The molecule has 92 valence electrons. The van der Waals surface area contributed by atoms with Gasteiger partial charge in [-0.05, 0) is 43.5 Å². The Balaban J connectivity index is 2.20. The number of carbonyl (C=O) groups is 1. The first kappa shape index (κ1) is 12.0. The predicted molar refractivity (Wildman–Crippen MR) is 64.6 cm³/mol. The number of aromatic nitrogens is 1. The van der Waals surface area contributed by atoms with E-state index < -0.39 is 5.97 Å². The Hall–Kier alpha value is -1.42. The molecule has 2 heterocycles. The van der Waals surface area contributed by atoms with Crippen LogP contribution in [0.15, 0.2) is 24.5 Å². The van der Waals surface area contributed by atoms with E-state index in [1.54, 1.807) is 12.4 Å². The summed E-state index contributed by atoms with van der Waals surface area (Å²) in [5.74, 6) is -0.493. The molecule has 1 fully saturated rings. The Morgan fingerprint density at radius 2 is 2.18 bits per heavy atom. The van der Waals surface area contributed by atoms with Crippen LogP contribution in [0.1, 0.15) is 31.9 Å². The summed E-state index contributed by atoms with van der Waals surface area (Å²) in [6.45, 7) is 4.92. The van der Waals surface area contributed by atoms with Gasteiger partial charge in [-0.2, -0.15) is 0 Å². The van der Waals surface area contributed by atoms with Gasteiger partial charge in [0.2, 0.25) is 0 Å². The maximum atomic E-state index is 11.3. The highest BCUT2D eigenvalue weighted by Gasteiger charge is 2.39. The van der Waals surface area contributed by atoms with Crippen LogP contribution in [0.25, 0.3) is 0 Å². The summed E-state index contributed by atoms with van der Waals surface area (Å²) in [6, 6.07) is 3.67. The van der Waals surface area contributed by atoms with E-state index in [-0.39, 0.29) is 18.0 Å². The SMILES string of the molecule is CC1CCN(C(C)c2ccncc2)C1C(=O)O. The molecule has 4 nitrogen and oxygen atoms in total. The van der Waals surface area contributed by atoms with Gasteiger partial charge in [-0.25, -0.2) is 0 Å². The van der Waals surface area contributed by atoms with Crippen LogP contribution in [-0.4, -0.2) is 33.5 Å². The molecule has 0 aromatic carbocycles. The summed E-state index contributed by atoms with van der Waals surface area (Å²) in [6.07, 6.45) is 4.45. The van der Waals surface area contributed by atoms with Crippen molar-refractivity contribution in [2.45, 2.75) is 32.4 Å². The van der Waals surface area contributed by atoms with Crippen molar-refractivity contribution in [3.63, 3.8) is 0 Å². The van der Waals surface area contributed by atoms with Crippen molar-refractivity contribution in [3.05, 3.63) is 30.1 Å². The standard InChI is InChI=1S/C13H18N2O2/c1-9-5-8-15(12(9)13(16)17)10(2)11-3-6-14-7-4-11/h3-4,6-7,9-10,12H,5,8H2,1-2H3,(H,16,17). The van der Waals surface area contributed by atoms with Gasteiger partial charge in [0.15, 0.2) is 0 Å². The highest BCUT2D eigenvalue weighted by molar-refractivity contribution is 5.74. The summed E-state index contributed by atoms with van der Waals surface area (Å²) >= 11 is 0. The lowest BCUT2D eigenvalue weighted by atomic mass is 10.0. The molecular formula is C13H18N2O2. The minimum absolute atomic E-state index is 0.129. The predicted octanol–water partition coefficient (Wildman–Crippen LogP) is 1.94. The lowest BCUT2D eigenvalue weighted by Crippen LogP contribution is -2.40. The van der Waals surface area contributed by atoms with Crippen LogP contribution >= 0.6 is 0 Å². The lowest BCUT2D eigenvalue weighted by molar-refractivity contribution is -0.144. The molecule has 1 saturated heterocycles. The van der Waals surface area contributed by atoms with Crippen molar-refractivity contribution in [2.75, 3.05) is 6.54 Å². The number of carboxylic acid groups (broad SMARTS) is 1. The largest absolute Gasteiger partial charge is 0.480 e. The van der Waals surface area contributed by atoms with Crippen molar-refractivity contribution < 1.29 is 9.90 Å². The van der Waals surface area contributed by atoms with Crippen molar-refractivity contribution in [2.24, 2.45) is 5.92 Å². The summed E-state index contributed by atoms with van der Waals surface area (Å²) in [7, 11) is 0. The highest BCUT2D eigenvalue weighted by atomic mass is 16.4. The molecule has 1 aliphatic heterocycles. The van der Waals surface area contributed by atoms with E-state index in [0.717, 1.165) is 18.5 Å². The molecule has 1 N–H and O–H groups in total. The van der Waals surface area contributed by atoms with E-state index in [2.05, 4.69) is 16.8 Å². The summed E-state index contributed by atoms with van der Waals surface area (Å²) in [4.78, 5) is 17.4. The Morgan fingerprint density at radius 3 is 2.76 bits per heavy atom. The van der Waals surface area contributed by atoms with Gasteiger partial charge >= 0.3 is 5.97 Å². The highest BCUT2D eigenvalue weighted by Crippen LogP contribution is 2.32.